The van der Waals surface area contributed by atoms with Gasteiger partial charge in [0.2, 0.25) is 0 Å². The number of halogens is 2. The normalized spacial score (nSPS) is 13.8. The molecule has 1 atom stereocenters. The number of rotatable bonds is 4. The number of anilines is 1. The number of hydrogen-bond donors (Lipinski definition) is 2. The van der Waals surface area contributed by atoms with Gasteiger partial charge in [-0.2, -0.15) is 8.78 Å². The summed E-state index contributed by atoms with van der Waals surface area (Å²) in [4.78, 5) is 0. The molecule has 4 nitrogen and oxygen atoms in total. The molecule has 90 valence electrons. The van der Waals surface area contributed by atoms with Gasteiger partial charge < -0.3 is 5.73 Å². The summed E-state index contributed by atoms with van der Waals surface area (Å²) in [6, 6.07) is 5.71. The van der Waals surface area contributed by atoms with E-state index in [-0.39, 0.29) is 5.69 Å². The first-order chi connectivity index (χ1) is 7.34. The predicted octanol–water partition coefficient (Wildman–Crippen LogP) is 1.67. The quantitative estimate of drug-likeness (QED) is 0.853. The Morgan fingerprint density at radius 1 is 1.31 bits per heavy atom. The highest BCUT2D eigenvalue weighted by Crippen LogP contribution is 2.23. The van der Waals surface area contributed by atoms with Crippen molar-refractivity contribution in [3.63, 3.8) is 0 Å². The van der Waals surface area contributed by atoms with Crippen molar-refractivity contribution in [3.8, 4) is 0 Å². The van der Waals surface area contributed by atoms with Gasteiger partial charge in [0, 0.05) is 6.04 Å². The highest BCUT2D eigenvalue weighted by atomic mass is 32.2. The molecule has 0 saturated carbocycles. The number of para-hydroxylation sites is 1. The Morgan fingerprint density at radius 2 is 1.88 bits per heavy atom. The van der Waals surface area contributed by atoms with Crippen molar-refractivity contribution < 1.29 is 17.2 Å². The average molecular weight is 250 g/mol. The van der Waals surface area contributed by atoms with E-state index in [2.05, 4.69) is 0 Å². The van der Waals surface area contributed by atoms with Crippen LogP contribution in [0.4, 0.5) is 14.5 Å². The van der Waals surface area contributed by atoms with Crippen LogP contribution in [0.15, 0.2) is 24.3 Å². The van der Waals surface area contributed by atoms with Crippen LogP contribution in [0.2, 0.25) is 0 Å². The van der Waals surface area contributed by atoms with E-state index in [0.29, 0.717) is 5.56 Å². The molecule has 0 radical (unpaired) electrons. The van der Waals surface area contributed by atoms with Gasteiger partial charge >= 0.3 is 5.76 Å². The van der Waals surface area contributed by atoms with Gasteiger partial charge in [0.05, 0.1) is 5.69 Å². The van der Waals surface area contributed by atoms with Crippen LogP contribution < -0.4 is 10.5 Å². The molecule has 7 heteroatoms. The highest BCUT2D eigenvalue weighted by Gasteiger charge is 2.24. The molecule has 0 aromatic heterocycles. The fourth-order valence-corrected chi connectivity index (χ4v) is 1.77. The van der Waals surface area contributed by atoms with Crippen molar-refractivity contribution in [2.45, 2.75) is 18.7 Å². The van der Waals surface area contributed by atoms with Crippen molar-refractivity contribution >= 4 is 15.7 Å². The molecule has 0 aliphatic rings. The van der Waals surface area contributed by atoms with Gasteiger partial charge in [-0.3, -0.25) is 4.72 Å². The van der Waals surface area contributed by atoms with E-state index in [4.69, 9.17) is 5.73 Å². The second-order valence-electron chi connectivity index (χ2n) is 3.28. The number of benzene rings is 1. The number of hydrogen-bond acceptors (Lipinski definition) is 3. The second kappa shape index (κ2) is 4.75. The standard InChI is InChI=1S/C9H12F2N2O2S/c1-6(12)7-4-2-3-5-8(7)13-16(14,15)9(10)11/h2-6,9,13H,12H2,1H3. The van der Waals surface area contributed by atoms with Gasteiger partial charge in [0.1, 0.15) is 0 Å². The minimum Gasteiger partial charge on any atom is -0.324 e. The second-order valence-corrected chi connectivity index (χ2v) is 4.93. The van der Waals surface area contributed by atoms with Crippen LogP contribution in [0.3, 0.4) is 0 Å². The van der Waals surface area contributed by atoms with E-state index >= 15 is 0 Å². The Morgan fingerprint density at radius 3 is 2.38 bits per heavy atom. The number of nitrogens with one attached hydrogen (secondary N) is 1. The van der Waals surface area contributed by atoms with Gasteiger partial charge in [-0.15, -0.1) is 0 Å². The monoisotopic (exact) mass is 250 g/mol. The molecule has 0 saturated heterocycles. The van der Waals surface area contributed by atoms with E-state index < -0.39 is 21.8 Å². The van der Waals surface area contributed by atoms with E-state index in [1.807, 2.05) is 4.72 Å². The van der Waals surface area contributed by atoms with Crippen LogP contribution in [0.25, 0.3) is 0 Å². The van der Waals surface area contributed by atoms with Crippen LogP contribution in [0, 0.1) is 0 Å². The van der Waals surface area contributed by atoms with Crippen LogP contribution >= 0.6 is 0 Å². The number of sulfonamides is 1. The Hall–Kier alpha value is -1.21. The van der Waals surface area contributed by atoms with Crippen LogP contribution in [-0.2, 0) is 10.0 Å². The zero-order valence-electron chi connectivity index (χ0n) is 8.52. The van der Waals surface area contributed by atoms with Crippen LogP contribution in [-0.4, -0.2) is 14.2 Å². The fourth-order valence-electron chi connectivity index (χ4n) is 1.18. The molecule has 0 amide bonds. The summed E-state index contributed by atoms with van der Waals surface area (Å²) < 4.78 is 48.1. The number of nitrogens with two attached hydrogens (primary N) is 1. The first-order valence-corrected chi connectivity index (χ1v) is 6.03. The lowest BCUT2D eigenvalue weighted by atomic mass is 10.1. The lowest BCUT2D eigenvalue weighted by molar-refractivity contribution is 0.236. The SMILES string of the molecule is CC(N)c1ccccc1NS(=O)(=O)C(F)F. The number of alkyl halides is 2. The molecule has 0 spiro atoms. The van der Waals surface area contributed by atoms with E-state index in [9.17, 15) is 17.2 Å². The summed E-state index contributed by atoms with van der Waals surface area (Å²) in [6.45, 7) is 1.63. The maximum atomic E-state index is 12.1. The molecule has 0 bridgehead atoms. The highest BCUT2D eigenvalue weighted by molar-refractivity contribution is 7.93. The molecule has 3 N–H and O–H groups in total. The zero-order valence-corrected chi connectivity index (χ0v) is 9.34. The third kappa shape index (κ3) is 2.89. The zero-order chi connectivity index (χ0) is 12.3. The molecule has 0 aliphatic heterocycles. The molecule has 1 aromatic carbocycles. The summed E-state index contributed by atoms with van der Waals surface area (Å²) in [7, 11) is -4.65. The van der Waals surface area contributed by atoms with E-state index in [0.717, 1.165) is 0 Å². The molecular formula is C9H12F2N2O2S. The minimum atomic E-state index is -4.65. The third-order valence-electron chi connectivity index (χ3n) is 1.94. The van der Waals surface area contributed by atoms with Gasteiger partial charge in [0.25, 0.3) is 10.0 Å². The smallest absolute Gasteiger partial charge is 0.324 e. The minimum absolute atomic E-state index is 0.0813. The Labute approximate surface area is 92.5 Å². The molecular weight excluding hydrogens is 238 g/mol. The lowest BCUT2D eigenvalue weighted by Crippen LogP contribution is -2.22. The maximum Gasteiger partial charge on any atom is 0.355 e. The molecule has 1 aromatic rings. The Balaban J connectivity index is 3.07. The first-order valence-electron chi connectivity index (χ1n) is 4.49. The topological polar surface area (TPSA) is 72.2 Å². The third-order valence-corrected chi connectivity index (χ3v) is 2.91. The van der Waals surface area contributed by atoms with Crippen molar-refractivity contribution in [2.24, 2.45) is 5.73 Å². The molecule has 1 rings (SSSR count). The van der Waals surface area contributed by atoms with Crippen LogP contribution in [0.1, 0.15) is 18.5 Å². The van der Waals surface area contributed by atoms with E-state index in [1.54, 1.807) is 19.1 Å². The summed E-state index contributed by atoms with van der Waals surface area (Å²) in [5, 5.41) is 0. The largest absolute Gasteiger partial charge is 0.355 e. The molecule has 0 fully saturated rings. The molecule has 0 aliphatic carbocycles. The average Bonchev–Trinajstić information content (AvgIpc) is 2.17. The summed E-state index contributed by atoms with van der Waals surface area (Å²) in [5.41, 5.74) is 6.13. The molecule has 16 heavy (non-hydrogen) atoms. The van der Waals surface area contributed by atoms with Gasteiger partial charge in [-0.1, -0.05) is 18.2 Å². The van der Waals surface area contributed by atoms with Crippen LogP contribution in [0.5, 0.6) is 0 Å². The maximum absolute atomic E-state index is 12.1. The predicted molar refractivity (Wildman–Crippen MR) is 57.6 cm³/mol. The van der Waals surface area contributed by atoms with Crippen molar-refractivity contribution in [3.05, 3.63) is 29.8 Å². The first kappa shape index (κ1) is 12.9. The molecule has 0 heterocycles. The Kier molecular flexibility index (Phi) is 3.82. The molecule has 1 unspecified atom stereocenters. The van der Waals surface area contributed by atoms with Crippen molar-refractivity contribution in [2.75, 3.05) is 4.72 Å². The van der Waals surface area contributed by atoms with Gasteiger partial charge in [-0.05, 0) is 18.6 Å². The van der Waals surface area contributed by atoms with Gasteiger partial charge in [-0.25, -0.2) is 8.42 Å². The van der Waals surface area contributed by atoms with Crippen molar-refractivity contribution in [1.82, 2.24) is 0 Å². The fraction of sp³-hybridized carbons (Fsp3) is 0.333. The van der Waals surface area contributed by atoms with Crippen molar-refractivity contribution in [1.29, 1.82) is 0 Å². The van der Waals surface area contributed by atoms with E-state index in [1.165, 1.54) is 12.1 Å². The summed E-state index contributed by atoms with van der Waals surface area (Å²) in [5.74, 6) is -3.46. The lowest BCUT2D eigenvalue weighted by Gasteiger charge is -2.14. The summed E-state index contributed by atoms with van der Waals surface area (Å²) >= 11 is 0. The summed E-state index contributed by atoms with van der Waals surface area (Å²) in [6.07, 6.45) is 0. The van der Waals surface area contributed by atoms with Gasteiger partial charge in [0.15, 0.2) is 0 Å². The Bertz CT molecular complexity index is 460.